The van der Waals surface area contributed by atoms with Crippen LogP contribution in [0.2, 0.25) is 0 Å². The number of alkyl carbamates (subject to hydrolysis) is 1. The summed E-state index contributed by atoms with van der Waals surface area (Å²) in [5.41, 5.74) is 4.43. The third-order valence-electron chi connectivity index (χ3n) is 4.73. The lowest BCUT2D eigenvalue weighted by Gasteiger charge is -2.16. The number of aliphatic carboxylic acids is 1. The summed E-state index contributed by atoms with van der Waals surface area (Å²) in [5.74, 6) is -1.17. The quantitative estimate of drug-likeness (QED) is 0.514. The number of carbonyl (C=O) groups excluding carboxylic acids is 1. The molecule has 0 radical (unpaired) electrons. The first-order valence-corrected chi connectivity index (χ1v) is 9.72. The molecule has 1 aliphatic rings. The minimum Gasteiger partial charge on any atom is -0.479 e. The number of benzene rings is 2. The van der Waals surface area contributed by atoms with Crippen molar-refractivity contribution < 1.29 is 23.8 Å². The molecule has 0 saturated heterocycles. The fraction of sp³-hybridized carbons (Fsp3) is 0.143. The third kappa shape index (κ3) is 3.49. The summed E-state index contributed by atoms with van der Waals surface area (Å²) in [6, 6.07) is 17.8. The minimum atomic E-state index is -1.31. The lowest BCUT2D eigenvalue weighted by Crippen LogP contribution is -2.34. The van der Waals surface area contributed by atoms with Crippen molar-refractivity contribution in [3.8, 4) is 11.1 Å². The highest BCUT2D eigenvalue weighted by atomic mass is 127. The first-order valence-electron chi connectivity index (χ1n) is 8.64. The average Bonchev–Trinajstić information content (AvgIpc) is 3.26. The predicted molar refractivity (Wildman–Crippen MR) is 110 cm³/mol. The number of furan rings is 1. The number of carbonyl (C=O) groups is 2. The number of nitrogens with one attached hydrogen (secondary N) is 1. The van der Waals surface area contributed by atoms with E-state index in [0.717, 1.165) is 22.3 Å². The molecule has 4 rings (SSSR count). The van der Waals surface area contributed by atoms with E-state index in [1.165, 1.54) is 6.07 Å². The highest BCUT2D eigenvalue weighted by Gasteiger charge is 2.30. The molecule has 1 aliphatic carbocycles. The van der Waals surface area contributed by atoms with E-state index < -0.39 is 18.1 Å². The summed E-state index contributed by atoms with van der Waals surface area (Å²) in [4.78, 5) is 23.8. The first-order chi connectivity index (χ1) is 13.5. The Hall–Kier alpha value is -2.81. The van der Waals surface area contributed by atoms with E-state index in [1.807, 2.05) is 71.1 Å². The van der Waals surface area contributed by atoms with Crippen LogP contribution >= 0.6 is 22.6 Å². The van der Waals surface area contributed by atoms with Crippen LogP contribution in [0.25, 0.3) is 11.1 Å². The van der Waals surface area contributed by atoms with Gasteiger partial charge < -0.3 is 19.6 Å². The summed E-state index contributed by atoms with van der Waals surface area (Å²) >= 11 is 1.93. The molecule has 28 heavy (non-hydrogen) atoms. The van der Waals surface area contributed by atoms with Crippen molar-refractivity contribution in [2.45, 2.75) is 12.0 Å². The SMILES string of the molecule is O=C(NC(C(=O)O)c1ccc(I)o1)OCC1c2ccccc2-c2ccccc21. The molecule has 1 aromatic heterocycles. The van der Waals surface area contributed by atoms with Crippen molar-refractivity contribution in [2.24, 2.45) is 0 Å². The lowest BCUT2D eigenvalue weighted by atomic mass is 9.98. The molecule has 1 unspecified atom stereocenters. The van der Waals surface area contributed by atoms with Crippen LogP contribution in [0.5, 0.6) is 0 Å². The number of ether oxygens (including phenoxy) is 1. The molecule has 0 fully saturated rings. The maximum Gasteiger partial charge on any atom is 0.408 e. The highest BCUT2D eigenvalue weighted by molar-refractivity contribution is 14.1. The van der Waals surface area contributed by atoms with Crippen molar-refractivity contribution in [1.29, 1.82) is 0 Å². The highest BCUT2D eigenvalue weighted by Crippen LogP contribution is 2.44. The first kappa shape index (κ1) is 18.5. The normalized spacial score (nSPS) is 13.5. The lowest BCUT2D eigenvalue weighted by molar-refractivity contribution is -0.140. The number of rotatable bonds is 5. The fourth-order valence-electron chi connectivity index (χ4n) is 3.50. The summed E-state index contributed by atoms with van der Waals surface area (Å²) in [5, 5.41) is 11.8. The molecule has 0 bridgehead atoms. The summed E-state index contributed by atoms with van der Waals surface area (Å²) < 4.78 is 11.2. The van der Waals surface area contributed by atoms with E-state index >= 15 is 0 Å². The van der Waals surface area contributed by atoms with E-state index in [-0.39, 0.29) is 18.3 Å². The minimum absolute atomic E-state index is 0.0917. The Morgan fingerprint density at radius 3 is 2.18 bits per heavy atom. The molecule has 0 aliphatic heterocycles. The third-order valence-corrected chi connectivity index (χ3v) is 5.31. The number of carboxylic acids is 1. The summed E-state index contributed by atoms with van der Waals surface area (Å²) in [7, 11) is 0. The Labute approximate surface area is 174 Å². The topological polar surface area (TPSA) is 88.8 Å². The number of fused-ring (bicyclic) bond motifs is 3. The van der Waals surface area contributed by atoms with Gasteiger partial charge in [0.15, 0.2) is 9.81 Å². The van der Waals surface area contributed by atoms with Gasteiger partial charge in [0.05, 0.1) is 0 Å². The van der Waals surface area contributed by atoms with Crippen molar-refractivity contribution in [2.75, 3.05) is 6.61 Å². The fourth-order valence-corrected chi connectivity index (χ4v) is 3.93. The molecule has 7 heteroatoms. The zero-order valence-electron chi connectivity index (χ0n) is 14.6. The van der Waals surface area contributed by atoms with Crippen LogP contribution in [-0.4, -0.2) is 23.8 Å². The average molecular weight is 489 g/mol. The van der Waals surface area contributed by atoms with Gasteiger partial charge in [-0.15, -0.1) is 0 Å². The van der Waals surface area contributed by atoms with Crippen LogP contribution in [0.3, 0.4) is 0 Å². The van der Waals surface area contributed by atoms with E-state index in [2.05, 4.69) is 5.32 Å². The molecule has 1 amide bonds. The Morgan fingerprint density at radius 1 is 1.04 bits per heavy atom. The second kappa shape index (κ2) is 7.67. The molecular weight excluding hydrogens is 473 g/mol. The Bertz CT molecular complexity index is 999. The molecule has 142 valence electrons. The Morgan fingerprint density at radius 2 is 1.64 bits per heavy atom. The standard InChI is InChI=1S/C21H16INO5/c22-18-10-9-17(28-18)19(20(24)25)23-21(26)27-11-16-14-7-3-1-5-12(14)13-6-2-4-8-15(13)16/h1-10,16,19H,11H2,(H,23,26)(H,24,25). The molecule has 6 nitrogen and oxygen atoms in total. The van der Waals surface area contributed by atoms with Crippen LogP contribution in [0.4, 0.5) is 4.79 Å². The maximum absolute atomic E-state index is 12.3. The van der Waals surface area contributed by atoms with Gasteiger partial charge >= 0.3 is 12.1 Å². The molecule has 2 aromatic carbocycles. The van der Waals surface area contributed by atoms with E-state index in [9.17, 15) is 14.7 Å². The van der Waals surface area contributed by atoms with Crippen molar-refractivity contribution in [3.05, 3.63) is 81.3 Å². The second-order valence-corrected chi connectivity index (χ2v) is 7.45. The van der Waals surface area contributed by atoms with Gasteiger partial charge in [-0.3, -0.25) is 0 Å². The van der Waals surface area contributed by atoms with Gasteiger partial charge in [0.1, 0.15) is 12.4 Å². The monoisotopic (exact) mass is 489 g/mol. The van der Waals surface area contributed by atoms with Crippen LogP contribution in [-0.2, 0) is 9.53 Å². The molecule has 0 spiro atoms. The van der Waals surface area contributed by atoms with Gasteiger partial charge in [0, 0.05) is 5.92 Å². The van der Waals surface area contributed by atoms with Gasteiger partial charge in [0.2, 0.25) is 0 Å². The largest absolute Gasteiger partial charge is 0.479 e. The molecular formula is C21H16INO5. The summed E-state index contributed by atoms with van der Waals surface area (Å²) in [6.45, 7) is 0.113. The smallest absolute Gasteiger partial charge is 0.408 e. The van der Waals surface area contributed by atoms with Crippen molar-refractivity contribution >= 4 is 34.7 Å². The van der Waals surface area contributed by atoms with E-state index in [4.69, 9.17) is 9.15 Å². The number of hydrogen-bond acceptors (Lipinski definition) is 4. The molecule has 2 N–H and O–H groups in total. The van der Waals surface area contributed by atoms with E-state index in [1.54, 1.807) is 6.07 Å². The van der Waals surface area contributed by atoms with Gasteiger partial charge in [-0.25, -0.2) is 9.59 Å². The zero-order valence-corrected chi connectivity index (χ0v) is 16.8. The predicted octanol–water partition coefficient (Wildman–Crippen LogP) is 4.55. The number of halogens is 1. The molecule has 0 saturated carbocycles. The van der Waals surface area contributed by atoms with Gasteiger partial charge in [-0.05, 0) is 57.0 Å². The second-order valence-electron chi connectivity index (χ2n) is 6.38. The molecule has 1 heterocycles. The van der Waals surface area contributed by atoms with Gasteiger partial charge in [0.25, 0.3) is 0 Å². The maximum atomic E-state index is 12.3. The summed E-state index contributed by atoms with van der Waals surface area (Å²) in [6.07, 6.45) is -0.805. The van der Waals surface area contributed by atoms with Crippen LogP contribution in [0.1, 0.15) is 28.8 Å². The van der Waals surface area contributed by atoms with Gasteiger partial charge in [-0.2, -0.15) is 0 Å². The molecule has 1 atom stereocenters. The van der Waals surface area contributed by atoms with Crippen molar-refractivity contribution in [1.82, 2.24) is 5.32 Å². The van der Waals surface area contributed by atoms with Crippen LogP contribution in [0.15, 0.2) is 65.1 Å². The number of hydrogen-bond donors (Lipinski definition) is 2. The van der Waals surface area contributed by atoms with E-state index in [0.29, 0.717) is 3.77 Å². The number of amides is 1. The van der Waals surface area contributed by atoms with Gasteiger partial charge in [-0.1, -0.05) is 48.5 Å². The number of carboxylic acid groups (broad SMARTS) is 1. The Balaban J connectivity index is 1.48. The zero-order chi connectivity index (χ0) is 19.7. The Kier molecular flexibility index (Phi) is 5.08. The molecule has 3 aromatic rings. The van der Waals surface area contributed by atoms with Crippen LogP contribution < -0.4 is 5.32 Å². The van der Waals surface area contributed by atoms with Crippen molar-refractivity contribution in [3.63, 3.8) is 0 Å². The van der Waals surface area contributed by atoms with Crippen LogP contribution in [0, 0.1) is 3.77 Å².